The van der Waals surface area contributed by atoms with Crippen molar-refractivity contribution in [3.63, 3.8) is 0 Å². The van der Waals surface area contributed by atoms with E-state index in [1.807, 2.05) is 31.3 Å². The van der Waals surface area contributed by atoms with Crippen molar-refractivity contribution in [2.24, 2.45) is 0 Å². The fraction of sp³-hybridized carbons (Fsp3) is 0.333. The van der Waals surface area contributed by atoms with Crippen LogP contribution in [0.3, 0.4) is 0 Å². The highest BCUT2D eigenvalue weighted by atomic mass is 16.2. The summed E-state index contributed by atoms with van der Waals surface area (Å²) in [6.07, 6.45) is 6.55. The molecule has 4 aromatic rings. The van der Waals surface area contributed by atoms with Crippen LogP contribution in [-0.2, 0) is 4.79 Å². The molecule has 0 spiro atoms. The smallest absolute Gasteiger partial charge is 0.328 e. The van der Waals surface area contributed by atoms with Gasteiger partial charge in [0, 0.05) is 19.3 Å². The Hall–Kier alpha value is -4.00. The van der Waals surface area contributed by atoms with Crippen molar-refractivity contribution in [3.8, 4) is 17.5 Å². The van der Waals surface area contributed by atoms with Gasteiger partial charge in [-0.25, -0.2) is 19.3 Å². The second-order valence-corrected chi connectivity index (χ2v) is 7.79. The van der Waals surface area contributed by atoms with Crippen LogP contribution in [0.15, 0.2) is 35.5 Å². The summed E-state index contributed by atoms with van der Waals surface area (Å²) in [7, 11) is 0. The summed E-state index contributed by atoms with van der Waals surface area (Å²) in [5, 5.41) is 13.2. The first-order chi connectivity index (χ1) is 15.0. The van der Waals surface area contributed by atoms with Crippen LogP contribution in [0, 0.1) is 18.3 Å². The van der Waals surface area contributed by atoms with Gasteiger partial charge in [0.05, 0.1) is 35.6 Å². The van der Waals surface area contributed by atoms with E-state index < -0.39 is 0 Å². The number of nitrogens with one attached hydrogen (secondary N) is 1. The minimum Gasteiger partial charge on any atom is -0.340 e. The van der Waals surface area contributed by atoms with Crippen molar-refractivity contribution in [3.05, 3.63) is 46.8 Å². The largest absolute Gasteiger partial charge is 0.340 e. The average Bonchev–Trinajstić information content (AvgIpc) is 3.33. The van der Waals surface area contributed by atoms with Crippen molar-refractivity contribution in [1.29, 1.82) is 5.26 Å². The van der Waals surface area contributed by atoms with Crippen molar-refractivity contribution in [1.82, 2.24) is 34.0 Å². The number of carbonyl (C=O) groups excluding carboxylic acids is 1. The molecule has 5 heterocycles. The number of aryl methyl sites for hydroxylation is 1. The molecule has 156 valence electrons. The number of imidazole rings is 1. The van der Waals surface area contributed by atoms with Crippen molar-refractivity contribution >= 4 is 22.6 Å². The van der Waals surface area contributed by atoms with Gasteiger partial charge >= 0.3 is 5.69 Å². The Balaban J connectivity index is 1.58. The van der Waals surface area contributed by atoms with E-state index in [1.54, 1.807) is 26.4 Å². The minimum absolute atomic E-state index is 0.157. The van der Waals surface area contributed by atoms with Gasteiger partial charge in [-0.1, -0.05) is 0 Å². The Morgan fingerprint density at radius 2 is 2.26 bits per heavy atom. The van der Waals surface area contributed by atoms with Crippen LogP contribution >= 0.6 is 0 Å². The van der Waals surface area contributed by atoms with Gasteiger partial charge < -0.3 is 9.88 Å². The number of fused-ring (bicyclic) bond motifs is 2. The molecule has 0 aromatic carbocycles. The number of nitrogens with zero attached hydrogens (tertiary/aromatic N) is 7. The van der Waals surface area contributed by atoms with E-state index in [9.17, 15) is 9.59 Å². The summed E-state index contributed by atoms with van der Waals surface area (Å²) in [4.78, 5) is 38.6. The van der Waals surface area contributed by atoms with E-state index in [1.165, 1.54) is 0 Å². The standard InChI is InChI=1S/C21H20N8O2/c1-13-5-8-28-17(9-13)15(10-24-28)19-23-11-16-20(26-19)29(21(31)25-16)14-3-2-7-27(12-14)18(30)4-6-22/h5,8-11,14H,2-4,7,12H2,1H3,(H,25,31)/t14-/m0/s1. The molecule has 4 aromatic heterocycles. The Labute approximate surface area is 176 Å². The highest BCUT2D eigenvalue weighted by molar-refractivity contribution is 5.80. The quantitative estimate of drug-likeness (QED) is 0.543. The molecule has 0 bridgehead atoms. The molecular weight excluding hydrogens is 396 g/mol. The summed E-state index contributed by atoms with van der Waals surface area (Å²) in [5.74, 6) is 0.270. The summed E-state index contributed by atoms with van der Waals surface area (Å²) < 4.78 is 3.38. The van der Waals surface area contributed by atoms with Gasteiger partial charge in [-0.3, -0.25) is 9.36 Å². The van der Waals surface area contributed by atoms with E-state index in [-0.39, 0.29) is 24.1 Å². The number of hydrogen-bond donors (Lipinski definition) is 1. The van der Waals surface area contributed by atoms with Crippen molar-refractivity contribution < 1.29 is 4.79 Å². The van der Waals surface area contributed by atoms with Gasteiger partial charge in [-0.15, -0.1) is 0 Å². The van der Waals surface area contributed by atoms with Crippen LogP contribution in [0.1, 0.15) is 30.9 Å². The van der Waals surface area contributed by atoms with Crippen LogP contribution < -0.4 is 5.69 Å². The molecule has 1 fully saturated rings. The summed E-state index contributed by atoms with van der Waals surface area (Å²) in [6.45, 7) is 2.98. The maximum atomic E-state index is 12.8. The van der Waals surface area contributed by atoms with E-state index >= 15 is 0 Å². The number of piperidine rings is 1. The van der Waals surface area contributed by atoms with E-state index in [0.717, 1.165) is 29.5 Å². The molecule has 1 amide bonds. The molecule has 31 heavy (non-hydrogen) atoms. The summed E-state index contributed by atoms with van der Waals surface area (Å²) in [6, 6.07) is 5.67. The molecular formula is C21H20N8O2. The molecule has 1 N–H and O–H groups in total. The lowest BCUT2D eigenvalue weighted by Gasteiger charge is -2.32. The van der Waals surface area contributed by atoms with Gasteiger partial charge in [-0.05, 0) is 37.5 Å². The number of likely N-dealkylation sites (tertiary alicyclic amines) is 1. The normalized spacial score (nSPS) is 16.6. The number of carbonyl (C=O) groups is 1. The maximum Gasteiger partial charge on any atom is 0.328 e. The highest BCUT2D eigenvalue weighted by Gasteiger charge is 2.27. The summed E-state index contributed by atoms with van der Waals surface area (Å²) in [5.41, 5.74) is 3.52. The van der Waals surface area contributed by atoms with Gasteiger partial charge in [0.1, 0.15) is 11.9 Å². The Kier molecular flexibility index (Phi) is 4.51. The number of pyridine rings is 1. The highest BCUT2D eigenvalue weighted by Crippen LogP contribution is 2.26. The fourth-order valence-corrected chi connectivity index (χ4v) is 4.21. The molecule has 1 atom stereocenters. The number of rotatable bonds is 3. The fourth-order valence-electron chi connectivity index (χ4n) is 4.21. The van der Waals surface area contributed by atoms with Crippen LogP contribution in [0.4, 0.5) is 0 Å². The Morgan fingerprint density at radius 3 is 3.10 bits per heavy atom. The molecule has 0 unspecified atom stereocenters. The number of aromatic nitrogens is 6. The Bertz CT molecular complexity index is 1410. The topological polar surface area (TPSA) is 125 Å². The molecule has 5 rings (SSSR count). The minimum atomic E-state index is -0.281. The van der Waals surface area contributed by atoms with Crippen LogP contribution in [0.25, 0.3) is 28.1 Å². The molecule has 10 heteroatoms. The monoisotopic (exact) mass is 416 g/mol. The van der Waals surface area contributed by atoms with Gasteiger partial charge in [0.25, 0.3) is 0 Å². The predicted molar refractivity (Wildman–Crippen MR) is 112 cm³/mol. The lowest BCUT2D eigenvalue weighted by atomic mass is 10.1. The van der Waals surface area contributed by atoms with Gasteiger partial charge in [-0.2, -0.15) is 10.4 Å². The zero-order valence-corrected chi connectivity index (χ0v) is 16.9. The lowest BCUT2D eigenvalue weighted by Crippen LogP contribution is -2.42. The SMILES string of the molecule is Cc1ccn2ncc(-c3ncc4[nH]c(=O)n([C@H]5CCCN(C(=O)CC#N)C5)c4n3)c2c1. The second kappa shape index (κ2) is 7.36. The van der Waals surface area contributed by atoms with Gasteiger partial charge in [0.15, 0.2) is 11.5 Å². The number of nitriles is 1. The third kappa shape index (κ3) is 3.24. The third-order valence-electron chi connectivity index (χ3n) is 5.72. The molecule has 0 aliphatic carbocycles. The lowest BCUT2D eigenvalue weighted by molar-refractivity contribution is -0.131. The van der Waals surface area contributed by atoms with Crippen LogP contribution in [0.2, 0.25) is 0 Å². The van der Waals surface area contributed by atoms with E-state index in [2.05, 4.69) is 15.1 Å². The van der Waals surface area contributed by atoms with Crippen molar-refractivity contribution in [2.75, 3.05) is 13.1 Å². The number of amides is 1. The molecule has 0 radical (unpaired) electrons. The van der Waals surface area contributed by atoms with Crippen molar-refractivity contribution in [2.45, 2.75) is 32.2 Å². The zero-order valence-electron chi connectivity index (χ0n) is 16.9. The van der Waals surface area contributed by atoms with Gasteiger partial charge in [0.2, 0.25) is 5.91 Å². The Morgan fingerprint density at radius 1 is 1.39 bits per heavy atom. The number of hydrogen-bond acceptors (Lipinski definition) is 6. The van der Waals surface area contributed by atoms with E-state index in [0.29, 0.717) is 30.1 Å². The second-order valence-electron chi connectivity index (χ2n) is 7.79. The van der Waals surface area contributed by atoms with Crippen LogP contribution in [0.5, 0.6) is 0 Å². The first-order valence-corrected chi connectivity index (χ1v) is 10.1. The number of aromatic amines is 1. The molecule has 1 aliphatic rings. The predicted octanol–water partition coefficient (Wildman–Crippen LogP) is 1.82. The molecule has 10 nitrogen and oxygen atoms in total. The summed E-state index contributed by atoms with van der Waals surface area (Å²) >= 11 is 0. The first kappa shape index (κ1) is 19.0. The molecule has 1 aliphatic heterocycles. The molecule has 1 saturated heterocycles. The van der Waals surface area contributed by atoms with Crippen LogP contribution in [-0.4, -0.2) is 53.0 Å². The average molecular weight is 416 g/mol. The van der Waals surface area contributed by atoms with E-state index in [4.69, 9.17) is 10.2 Å². The first-order valence-electron chi connectivity index (χ1n) is 10.1. The third-order valence-corrected chi connectivity index (χ3v) is 5.72. The zero-order chi connectivity index (χ0) is 21.5. The molecule has 0 saturated carbocycles. The number of H-pyrrole nitrogens is 1. The maximum absolute atomic E-state index is 12.8.